The summed E-state index contributed by atoms with van der Waals surface area (Å²) in [5.41, 5.74) is 2.62. The molecule has 1 N–H and O–H groups in total. The van der Waals surface area contributed by atoms with Gasteiger partial charge in [-0.25, -0.2) is 0 Å². The molecule has 0 radical (unpaired) electrons. The van der Waals surface area contributed by atoms with Crippen molar-refractivity contribution in [1.82, 2.24) is 20.0 Å². The smallest absolute Gasteiger partial charge is 0.272 e. The molecular formula is C16H26N4O3. The molecule has 3 heterocycles. The van der Waals surface area contributed by atoms with E-state index in [0.29, 0.717) is 25.5 Å². The minimum Gasteiger partial charge on any atom is -0.379 e. The molecule has 23 heavy (non-hydrogen) atoms. The largest absolute Gasteiger partial charge is 0.379 e. The first kappa shape index (κ1) is 16.4. The summed E-state index contributed by atoms with van der Waals surface area (Å²) < 4.78 is 12.8. The highest BCUT2D eigenvalue weighted by molar-refractivity contribution is 5.94. The summed E-state index contributed by atoms with van der Waals surface area (Å²) in [5.74, 6) is -0.0978. The number of rotatable bonds is 5. The number of fused-ring (bicyclic) bond motifs is 1. The van der Waals surface area contributed by atoms with Crippen LogP contribution in [0.5, 0.6) is 0 Å². The number of amides is 1. The van der Waals surface area contributed by atoms with Crippen LogP contribution in [0.25, 0.3) is 0 Å². The summed E-state index contributed by atoms with van der Waals surface area (Å²) >= 11 is 0. The Kier molecular flexibility index (Phi) is 5.30. The van der Waals surface area contributed by atoms with Crippen molar-refractivity contribution in [3.8, 4) is 0 Å². The second-order valence-corrected chi connectivity index (χ2v) is 6.32. The average molecular weight is 322 g/mol. The lowest BCUT2D eigenvalue weighted by molar-refractivity contribution is 0.0383. The lowest BCUT2D eigenvalue weighted by Gasteiger charge is -2.26. The predicted octanol–water partition coefficient (Wildman–Crippen LogP) is 0.599. The maximum absolute atomic E-state index is 12.5. The SMILES string of the molecule is CC(C)n1nc(C(=O)NCCN2CCOCC2)c2c1CCOC2. The molecule has 7 nitrogen and oxygen atoms in total. The zero-order valence-corrected chi connectivity index (χ0v) is 14.0. The molecule has 0 aliphatic carbocycles. The third kappa shape index (κ3) is 3.73. The number of aromatic nitrogens is 2. The monoisotopic (exact) mass is 322 g/mol. The summed E-state index contributed by atoms with van der Waals surface area (Å²) in [6, 6.07) is 0.247. The highest BCUT2D eigenvalue weighted by atomic mass is 16.5. The molecule has 1 fully saturated rings. The molecular weight excluding hydrogens is 296 g/mol. The van der Waals surface area contributed by atoms with E-state index in [1.54, 1.807) is 0 Å². The Hall–Kier alpha value is -1.44. The molecule has 7 heteroatoms. The summed E-state index contributed by atoms with van der Waals surface area (Å²) in [4.78, 5) is 14.8. The predicted molar refractivity (Wildman–Crippen MR) is 85.6 cm³/mol. The van der Waals surface area contributed by atoms with E-state index in [0.717, 1.165) is 50.5 Å². The number of carbonyl (C=O) groups is 1. The van der Waals surface area contributed by atoms with E-state index < -0.39 is 0 Å². The zero-order valence-electron chi connectivity index (χ0n) is 14.0. The van der Waals surface area contributed by atoms with E-state index in [-0.39, 0.29) is 11.9 Å². The first-order valence-electron chi connectivity index (χ1n) is 8.43. The number of carbonyl (C=O) groups excluding carboxylic acids is 1. The van der Waals surface area contributed by atoms with E-state index in [1.165, 1.54) is 0 Å². The molecule has 0 bridgehead atoms. The van der Waals surface area contributed by atoms with Gasteiger partial charge < -0.3 is 14.8 Å². The molecule has 128 valence electrons. The van der Waals surface area contributed by atoms with Crippen LogP contribution in [0.15, 0.2) is 0 Å². The van der Waals surface area contributed by atoms with Crippen molar-refractivity contribution >= 4 is 5.91 Å². The maximum atomic E-state index is 12.5. The number of nitrogens with one attached hydrogen (secondary N) is 1. The average Bonchev–Trinajstić information content (AvgIpc) is 2.96. The molecule has 1 aromatic heterocycles. The molecule has 0 atom stereocenters. The van der Waals surface area contributed by atoms with Gasteiger partial charge in [0.25, 0.3) is 5.91 Å². The minimum atomic E-state index is -0.0978. The van der Waals surface area contributed by atoms with Crippen LogP contribution in [-0.2, 0) is 22.5 Å². The van der Waals surface area contributed by atoms with Gasteiger partial charge in [0, 0.05) is 49.9 Å². The summed E-state index contributed by atoms with van der Waals surface area (Å²) in [7, 11) is 0. The van der Waals surface area contributed by atoms with Crippen LogP contribution >= 0.6 is 0 Å². The third-order valence-electron chi connectivity index (χ3n) is 4.37. The molecule has 1 aromatic rings. The van der Waals surface area contributed by atoms with E-state index in [1.807, 2.05) is 4.68 Å². The minimum absolute atomic E-state index is 0.0978. The molecule has 1 saturated heterocycles. The van der Waals surface area contributed by atoms with Crippen molar-refractivity contribution in [3.63, 3.8) is 0 Å². The lowest BCUT2D eigenvalue weighted by Crippen LogP contribution is -2.41. The van der Waals surface area contributed by atoms with Crippen LogP contribution in [0, 0.1) is 0 Å². The number of ether oxygens (including phenoxy) is 2. The van der Waals surface area contributed by atoms with E-state index >= 15 is 0 Å². The molecule has 0 aromatic carbocycles. The molecule has 2 aliphatic rings. The first-order chi connectivity index (χ1) is 11.2. The number of morpholine rings is 1. The summed E-state index contributed by atoms with van der Waals surface area (Å²) in [5, 5.41) is 7.54. The van der Waals surface area contributed by atoms with Gasteiger partial charge in [0.1, 0.15) is 0 Å². The van der Waals surface area contributed by atoms with Crippen molar-refractivity contribution in [2.24, 2.45) is 0 Å². The second-order valence-electron chi connectivity index (χ2n) is 6.32. The van der Waals surface area contributed by atoms with E-state index in [9.17, 15) is 4.79 Å². The second kappa shape index (κ2) is 7.42. The van der Waals surface area contributed by atoms with Gasteiger partial charge in [0.15, 0.2) is 5.69 Å². The Morgan fingerprint density at radius 1 is 1.26 bits per heavy atom. The van der Waals surface area contributed by atoms with Crippen LogP contribution in [0.2, 0.25) is 0 Å². The Bertz CT molecular complexity index is 550. The van der Waals surface area contributed by atoms with Gasteiger partial charge in [0.05, 0.1) is 26.4 Å². The van der Waals surface area contributed by atoms with Gasteiger partial charge in [-0.2, -0.15) is 5.10 Å². The van der Waals surface area contributed by atoms with Crippen molar-refractivity contribution in [2.45, 2.75) is 32.9 Å². The number of hydrogen-bond donors (Lipinski definition) is 1. The van der Waals surface area contributed by atoms with Gasteiger partial charge in [-0.1, -0.05) is 0 Å². The Labute approximate surface area is 136 Å². The maximum Gasteiger partial charge on any atom is 0.272 e. The van der Waals surface area contributed by atoms with Crippen LogP contribution in [-0.4, -0.2) is 66.6 Å². The Morgan fingerprint density at radius 2 is 2.04 bits per heavy atom. The van der Waals surface area contributed by atoms with E-state index in [4.69, 9.17) is 9.47 Å². The van der Waals surface area contributed by atoms with Crippen LogP contribution < -0.4 is 5.32 Å². The number of hydrogen-bond acceptors (Lipinski definition) is 5. The normalized spacial score (nSPS) is 18.9. The molecule has 0 unspecified atom stereocenters. The van der Waals surface area contributed by atoms with Crippen molar-refractivity contribution in [2.75, 3.05) is 46.0 Å². The van der Waals surface area contributed by atoms with Crippen molar-refractivity contribution in [3.05, 3.63) is 17.0 Å². The summed E-state index contributed by atoms with van der Waals surface area (Å²) in [6.45, 7) is 10.2. The molecule has 0 saturated carbocycles. The Balaban J connectivity index is 1.62. The first-order valence-corrected chi connectivity index (χ1v) is 8.43. The molecule has 3 rings (SSSR count). The van der Waals surface area contributed by atoms with Crippen LogP contribution in [0.1, 0.15) is 41.6 Å². The lowest BCUT2D eigenvalue weighted by atomic mass is 10.1. The van der Waals surface area contributed by atoms with Crippen LogP contribution in [0.4, 0.5) is 0 Å². The van der Waals surface area contributed by atoms with E-state index in [2.05, 4.69) is 29.2 Å². The van der Waals surface area contributed by atoms with Crippen molar-refractivity contribution in [1.29, 1.82) is 0 Å². The molecule has 1 amide bonds. The molecule has 2 aliphatic heterocycles. The third-order valence-corrected chi connectivity index (χ3v) is 4.37. The fraction of sp³-hybridized carbons (Fsp3) is 0.750. The van der Waals surface area contributed by atoms with Crippen molar-refractivity contribution < 1.29 is 14.3 Å². The highest BCUT2D eigenvalue weighted by Gasteiger charge is 2.26. The standard InChI is InChI=1S/C16H26N4O3/c1-12(2)20-14-3-8-23-11-13(14)15(18-20)16(21)17-4-5-19-6-9-22-10-7-19/h12H,3-11H2,1-2H3,(H,17,21). The Morgan fingerprint density at radius 3 is 2.78 bits per heavy atom. The van der Waals surface area contributed by atoms with Gasteiger partial charge >= 0.3 is 0 Å². The van der Waals surface area contributed by atoms with Gasteiger partial charge in [-0.3, -0.25) is 14.4 Å². The summed E-state index contributed by atoms with van der Waals surface area (Å²) in [6.07, 6.45) is 0.821. The quantitative estimate of drug-likeness (QED) is 0.860. The van der Waals surface area contributed by atoms with Gasteiger partial charge in [-0.15, -0.1) is 0 Å². The fourth-order valence-corrected chi connectivity index (χ4v) is 3.11. The van der Waals surface area contributed by atoms with Gasteiger partial charge in [-0.05, 0) is 13.8 Å². The van der Waals surface area contributed by atoms with Gasteiger partial charge in [0.2, 0.25) is 0 Å². The fourth-order valence-electron chi connectivity index (χ4n) is 3.11. The topological polar surface area (TPSA) is 68.6 Å². The zero-order chi connectivity index (χ0) is 16.2. The number of nitrogens with zero attached hydrogens (tertiary/aromatic N) is 3. The van der Waals surface area contributed by atoms with Crippen LogP contribution in [0.3, 0.4) is 0 Å². The molecule has 0 spiro atoms. The highest BCUT2D eigenvalue weighted by Crippen LogP contribution is 2.23.